The fraction of sp³-hybridized carbons (Fsp3) is 0.333. The van der Waals surface area contributed by atoms with Crippen LogP contribution in [0.15, 0.2) is 54.7 Å². The van der Waals surface area contributed by atoms with Crippen molar-refractivity contribution in [1.29, 1.82) is 0 Å². The number of rotatable bonds is 4. The van der Waals surface area contributed by atoms with Crippen LogP contribution in [0.5, 0.6) is 0 Å². The zero-order chi connectivity index (χ0) is 16.5. The van der Waals surface area contributed by atoms with Gasteiger partial charge >= 0.3 is 0 Å². The van der Waals surface area contributed by atoms with Gasteiger partial charge in [0.1, 0.15) is 0 Å². The van der Waals surface area contributed by atoms with Crippen LogP contribution in [0.25, 0.3) is 10.9 Å². The van der Waals surface area contributed by atoms with Crippen molar-refractivity contribution < 1.29 is 5.11 Å². The lowest BCUT2D eigenvalue weighted by Crippen LogP contribution is -2.38. The van der Waals surface area contributed by atoms with E-state index in [0.29, 0.717) is 6.54 Å². The maximum Gasteiger partial charge on any atom is 0.0845 e. The monoisotopic (exact) mass is 320 g/mol. The van der Waals surface area contributed by atoms with Crippen LogP contribution < -0.4 is 0 Å². The molecule has 0 amide bonds. The maximum atomic E-state index is 10.6. The highest BCUT2D eigenvalue weighted by atomic mass is 16.3. The summed E-state index contributed by atoms with van der Waals surface area (Å²) in [5.41, 5.74) is 5.33. The van der Waals surface area contributed by atoms with Gasteiger partial charge in [0.15, 0.2) is 0 Å². The highest BCUT2D eigenvalue weighted by Crippen LogP contribution is 2.22. The molecule has 0 spiro atoms. The number of aliphatic hydroxyl groups is 1. The van der Waals surface area contributed by atoms with E-state index < -0.39 is 0 Å². The molecule has 1 aliphatic heterocycles. The molecular weight excluding hydrogens is 296 g/mol. The summed E-state index contributed by atoms with van der Waals surface area (Å²) in [6.45, 7) is 5.47. The van der Waals surface area contributed by atoms with E-state index in [9.17, 15) is 5.11 Å². The molecule has 1 atom stereocenters. The van der Waals surface area contributed by atoms with E-state index in [-0.39, 0.29) is 6.10 Å². The van der Waals surface area contributed by atoms with Crippen molar-refractivity contribution in [2.45, 2.75) is 32.5 Å². The van der Waals surface area contributed by atoms with Gasteiger partial charge in [-0.1, -0.05) is 42.5 Å². The van der Waals surface area contributed by atoms with Crippen LogP contribution in [0.3, 0.4) is 0 Å². The molecule has 0 saturated carbocycles. The Morgan fingerprint density at radius 2 is 1.75 bits per heavy atom. The molecule has 124 valence electrons. The van der Waals surface area contributed by atoms with Crippen LogP contribution in [0.2, 0.25) is 0 Å². The lowest BCUT2D eigenvalue weighted by Gasteiger charge is -2.30. The molecule has 1 aliphatic rings. The normalized spacial score (nSPS) is 16.2. The summed E-state index contributed by atoms with van der Waals surface area (Å²) in [4.78, 5) is 2.37. The van der Waals surface area contributed by atoms with E-state index in [0.717, 1.165) is 26.1 Å². The summed E-state index contributed by atoms with van der Waals surface area (Å²) in [6.07, 6.45) is 2.87. The van der Waals surface area contributed by atoms with E-state index in [1.165, 1.54) is 27.6 Å². The minimum absolute atomic E-state index is 0.356. The van der Waals surface area contributed by atoms with Crippen molar-refractivity contribution >= 4 is 10.9 Å². The van der Waals surface area contributed by atoms with Gasteiger partial charge in [-0.15, -0.1) is 0 Å². The van der Waals surface area contributed by atoms with Gasteiger partial charge in [-0.05, 0) is 36.1 Å². The van der Waals surface area contributed by atoms with E-state index in [1.54, 1.807) is 0 Å². The molecule has 2 aromatic carbocycles. The first-order valence-corrected chi connectivity index (χ1v) is 8.72. The second kappa shape index (κ2) is 6.42. The molecule has 0 bridgehead atoms. The minimum Gasteiger partial charge on any atom is -0.390 e. The molecule has 0 unspecified atom stereocenters. The fourth-order valence-corrected chi connectivity index (χ4v) is 3.87. The number of benzene rings is 2. The topological polar surface area (TPSA) is 28.4 Å². The third-order valence-electron chi connectivity index (χ3n) is 5.07. The molecular formula is C21H24N2O. The van der Waals surface area contributed by atoms with Gasteiger partial charge in [-0.3, -0.25) is 4.90 Å². The van der Waals surface area contributed by atoms with Crippen LogP contribution in [-0.2, 0) is 19.5 Å². The molecule has 24 heavy (non-hydrogen) atoms. The number of para-hydroxylation sites is 1. The lowest BCUT2D eigenvalue weighted by atomic mass is 10.00. The molecule has 4 rings (SSSR count). The molecule has 3 nitrogen and oxygen atoms in total. The molecule has 1 aromatic heterocycles. The molecule has 3 heteroatoms. The Kier molecular flexibility index (Phi) is 4.13. The van der Waals surface area contributed by atoms with E-state index in [1.807, 2.05) is 0 Å². The third-order valence-corrected chi connectivity index (χ3v) is 5.07. The predicted molar refractivity (Wildman–Crippen MR) is 98.1 cm³/mol. The SMILES string of the molecule is Cc1cn(C[C@H](O)CN2CCc3ccccc3C2)c2ccccc12. The summed E-state index contributed by atoms with van der Waals surface area (Å²) in [7, 11) is 0. The smallest absolute Gasteiger partial charge is 0.0845 e. The summed E-state index contributed by atoms with van der Waals surface area (Å²) in [5.74, 6) is 0. The number of fused-ring (bicyclic) bond motifs is 2. The number of aliphatic hydroxyl groups excluding tert-OH is 1. The number of aryl methyl sites for hydroxylation is 1. The number of hydrogen-bond donors (Lipinski definition) is 1. The van der Waals surface area contributed by atoms with E-state index in [2.05, 4.69) is 71.1 Å². The second-order valence-electron chi connectivity index (χ2n) is 6.89. The minimum atomic E-state index is -0.356. The molecule has 1 N–H and O–H groups in total. The van der Waals surface area contributed by atoms with Crippen molar-refractivity contribution in [3.8, 4) is 0 Å². The highest BCUT2D eigenvalue weighted by molar-refractivity contribution is 5.83. The standard InChI is InChI=1S/C21H24N2O/c1-16-12-23(21-9-5-4-8-20(16)21)15-19(24)14-22-11-10-17-6-2-3-7-18(17)13-22/h2-9,12,19,24H,10-11,13-15H2,1H3/t19-/m1/s1. The Hall–Kier alpha value is -2.10. The number of β-amino-alcohol motifs (C(OH)–C–C–N with tert-alkyl or cyclic N) is 1. The summed E-state index contributed by atoms with van der Waals surface area (Å²) < 4.78 is 2.19. The first-order chi connectivity index (χ1) is 11.7. The van der Waals surface area contributed by atoms with Gasteiger partial charge in [-0.2, -0.15) is 0 Å². The van der Waals surface area contributed by atoms with Gasteiger partial charge in [-0.25, -0.2) is 0 Å². The Labute approximate surface area is 143 Å². The average Bonchev–Trinajstić information content (AvgIpc) is 2.91. The first-order valence-electron chi connectivity index (χ1n) is 8.72. The fourth-order valence-electron chi connectivity index (χ4n) is 3.87. The lowest BCUT2D eigenvalue weighted by molar-refractivity contribution is 0.0927. The largest absolute Gasteiger partial charge is 0.390 e. The van der Waals surface area contributed by atoms with Crippen molar-refractivity contribution in [3.05, 3.63) is 71.4 Å². The van der Waals surface area contributed by atoms with Gasteiger partial charge in [0.25, 0.3) is 0 Å². The number of aromatic nitrogens is 1. The Balaban J connectivity index is 1.44. The second-order valence-corrected chi connectivity index (χ2v) is 6.89. The summed E-state index contributed by atoms with van der Waals surface area (Å²) in [5, 5.41) is 11.9. The molecule has 0 aliphatic carbocycles. The van der Waals surface area contributed by atoms with Crippen molar-refractivity contribution in [3.63, 3.8) is 0 Å². The Bertz CT molecular complexity index is 852. The maximum absolute atomic E-state index is 10.6. The molecule has 2 heterocycles. The van der Waals surface area contributed by atoms with Crippen LogP contribution >= 0.6 is 0 Å². The van der Waals surface area contributed by atoms with Crippen molar-refractivity contribution in [2.24, 2.45) is 0 Å². The van der Waals surface area contributed by atoms with Gasteiger partial charge < -0.3 is 9.67 Å². The highest BCUT2D eigenvalue weighted by Gasteiger charge is 2.19. The van der Waals surface area contributed by atoms with E-state index in [4.69, 9.17) is 0 Å². The quantitative estimate of drug-likeness (QED) is 0.798. The molecule has 0 radical (unpaired) electrons. The predicted octanol–water partition coefficient (Wildman–Crippen LogP) is 3.37. The molecule has 3 aromatic rings. The molecule has 0 saturated heterocycles. The Morgan fingerprint density at radius 3 is 2.62 bits per heavy atom. The number of hydrogen-bond acceptors (Lipinski definition) is 2. The molecule has 0 fully saturated rings. The van der Waals surface area contributed by atoms with E-state index >= 15 is 0 Å². The third kappa shape index (κ3) is 2.97. The van der Waals surface area contributed by atoms with Crippen LogP contribution in [-0.4, -0.2) is 33.8 Å². The van der Waals surface area contributed by atoms with Crippen LogP contribution in [0.4, 0.5) is 0 Å². The van der Waals surface area contributed by atoms with Crippen molar-refractivity contribution in [2.75, 3.05) is 13.1 Å². The zero-order valence-electron chi connectivity index (χ0n) is 14.2. The Morgan fingerprint density at radius 1 is 1.00 bits per heavy atom. The summed E-state index contributed by atoms with van der Waals surface area (Å²) in [6, 6.07) is 17.1. The summed E-state index contributed by atoms with van der Waals surface area (Å²) >= 11 is 0. The van der Waals surface area contributed by atoms with Crippen LogP contribution in [0, 0.1) is 6.92 Å². The average molecular weight is 320 g/mol. The van der Waals surface area contributed by atoms with Gasteiger partial charge in [0.2, 0.25) is 0 Å². The first kappa shape index (κ1) is 15.4. The zero-order valence-corrected chi connectivity index (χ0v) is 14.2. The van der Waals surface area contributed by atoms with Gasteiger partial charge in [0.05, 0.1) is 6.10 Å². The van der Waals surface area contributed by atoms with Crippen molar-refractivity contribution in [1.82, 2.24) is 9.47 Å². The van der Waals surface area contributed by atoms with Crippen LogP contribution in [0.1, 0.15) is 16.7 Å². The van der Waals surface area contributed by atoms with Gasteiger partial charge in [0, 0.05) is 43.3 Å². The number of nitrogens with zero attached hydrogens (tertiary/aromatic N) is 2.